The minimum absolute atomic E-state index is 0.0141. The van der Waals surface area contributed by atoms with Gasteiger partial charge in [-0.2, -0.15) is 0 Å². The smallest absolute Gasteiger partial charge is 0.259 e. The highest BCUT2D eigenvalue weighted by atomic mass is 32.1. The summed E-state index contributed by atoms with van der Waals surface area (Å²) in [5, 5.41) is 0.757. The number of fused-ring (bicyclic) bond motifs is 3. The zero-order valence-electron chi connectivity index (χ0n) is 17.8. The molecule has 7 heteroatoms. The molecule has 1 aliphatic rings. The number of ether oxygens (including phenoxy) is 1. The third-order valence-electron chi connectivity index (χ3n) is 5.59. The van der Waals surface area contributed by atoms with Crippen LogP contribution in [-0.2, 0) is 30.6 Å². The van der Waals surface area contributed by atoms with Crippen molar-refractivity contribution in [1.29, 1.82) is 0 Å². The average Bonchev–Trinajstić information content (AvgIpc) is 3.16. The van der Waals surface area contributed by atoms with Crippen LogP contribution < -0.4 is 10.3 Å². The summed E-state index contributed by atoms with van der Waals surface area (Å²) in [5.74, 6) is 1.38. The molecule has 0 radical (unpaired) electrons. The van der Waals surface area contributed by atoms with Crippen molar-refractivity contribution in [2.75, 3.05) is 13.7 Å². The number of thiophene rings is 1. The van der Waals surface area contributed by atoms with Gasteiger partial charge >= 0.3 is 0 Å². The Balaban J connectivity index is 1.37. The minimum Gasteiger partial charge on any atom is -0.490 e. The van der Waals surface area contributed by atoms with E-state index in [1.54, 1.807) is 29.4 Å². The van der Waals surface area contributed by atoms with E-state index in [9.17, 15) is 9.59 Å². The molecule has 0 unspecified atom stereocenters. The molecule has 1 aliphatic carbocycles. The molecule has 0 saturated heterocycles. The SMILES string of the molecule is C=CCOc1ccc(CN(C)C(=O)CCc2nc3sc4c(c3c(=O)[nH]2)CCCC4)cc1. The van der Waals surface area contributed by atoms with Crippen molar-refractivity contribution < 1.29 is 9.53 Å². The average molecular weight is 438 g/mol. The van der Waals surface area contributed by atoms with Crippen LogP contribution >= 0.6 is 11.3 Å². The van der Waals surface area contributed by atoms with Crippen LogP contribution in [0, 0.1) is 0 Å². The van der Waals surface area contributed by atoms with Gasteiger partial charge in [-0.1, -0.05) is 24.8 Å². The van der Waals surface area contributed by atoms with Crippen molar-refractivity contribution in [3.8, 4) is 5.75 Å². The molecular weight excluding hydrogens is 410 g/mol. The molecule has 1 N–H and O–H groups in total. The normalized spacial score (nSPS) is 13.1. The molecule has 0 saturated carbocycles. The number of hydrogen-bond acceptors (Lipinski definition) is 5. The molecule has 2 aromatic heterocycles. The van der Waals surface area contributed by atoms with Gasteiger partial charge in [0.05, 0.1) is 5.39 Å². The summed E-state index contributed by atoms with van der Waals surface area (Å²) >= 11 is 1.63. The summed E-state index contributed by atoms with van der Waals surface area (Å²) < 4.78 is 5.48. The molecular formula is C24H27N3O3S. The lowest BCUT2D eigenvalue weighted by molar-refractivity contribution is -0.130. The molecule has 2 heterocycles. The third-order valence-corrected chi connectivity index (χ3v) is 6.77. The Morgan fingerprint density at radius 3 is 2.84 bits per heavy atom. The Bertz CT molecular complexity index is 1150. The fourth-order valence-corrected chi connectivity index (χ4v) is 5.23. The lowest BCUT2D eigenvalue weighted by atomic mass is 9.97. The van der Waals surface area contributed by atoms with Crippen LogP contribution in [-0.4, -0.2) is 34.4 Å². The van der Waals surface area contributed by atoms with E-state index in [-0.39, 0.29) is 11.5 Å². The number of hydrogen-bond donors (Lipinski definition) is 1. The monoisotopic (exact) mass is 437 g/mol. The first kappa shape index (κ1) is 21.3. The zero-order valence-corrected chi connectivity index (χ0v) is 18.6. The van der Waals surface area contributed by atoms with Gasteiger partial charge in [-0.05, 0) is 48.9 Å². The van der Waals surface area contributed by atoms with Crippen LogP contribution in [0.25, 0.3) is 10.2 Å². The number of benzene rings is 1. The summed E-state index contributed by atoms with van der Waals surface area (Å²) in [6.45, 7) is 4.61. The van der Waals surface area contributed by atoms with Gasteiger partial charge in [0.1, 0.15) is 23.0 Å². The molecule has 0 aliphatic heterocycles. The van der Waals surface area contributed by atoms with Gasteiger partial charge in [-0.25, -0.2) is 4.98 Å². The second-order valence-corrected chi connectivity index (χ2v) is 8.98. The number of carbonyl (C=O) groups excluding carboxylic acids is 1. The van der Waals surface area contributed by atoms with Gasteiger partial charge in [-0.15, -0.1) is 11.3 Å². The largest absolute Gasteiger partial charge is 0.490 e. The Kier molecular flexibility index (Phi) is 6.51. The van der Waals surface area contributed by atoms with Crippen molar-refractivity contribution >= 4 is 27.5 Å². The molecule has 3 aromatic rings. The van der Waals surface area contributed by atoms with E-state index in [4.69, 9.17) is 4.74 Å². The second-order valence-electron chi connectivity index (χ2n) is 7.90. The molecule has 0 fully saturated rings. The van der Waals surface area contributed by atoms with Crippen molar-refractivity contribution in [3.05, 3.63) is 69.1 Å². The van der Waals surface area contributed by atoms with E-state index >= 15 is 0 Å². The maximum Gasteiger partial charge on any atom is 0.259 e. The van der Waals surface area contributed by atoms with E-state index in [1.165, 1.54) is 16.9 Å². The molecule has 31 heavy (non-hydrogen) atoms. The van der Waals surface area contributed by atoms with E-state index in [1.807, 2.05) is 24.3 Å². The number of carbonyl (C=O) groups is 1. The Morgan fingerprint density at radius 2 is 2.06 bits per heavy atom. The Morgan fingerprint density at radius 1 is 1.29 bits per heavy atom. The summed E-state index contributed by atoms with van der Waals surface area (Å²) in [6, 6.07) is 7.69. The maximum absolute atomic E-state index is 12.6. The standard InChI is InChI=1S/C24H27N3O3S/c1-3-14-30-17-10-8-16(9-11-17)15-27(2)21(28)13-12-20-25-23(29)22-18-6-4-5-7-19(18)31-24(22)26-20/h3,8-11H,1,4-7,12-15H2,2H3,(H,25,26,29). The lowest BCUT2D eigenvalue weighted by Crippen LogP contribution is -2.26. The van der Waals surface area contributed by atoms with Gasteiger partial charge in [-0.3, -0.25) is 9.59 Å². The van der Waals surface area contributed by atoms with E-state index < -0.39 is 0 Å². The van der Waals surface area contributed by atoms with Crippen molar-refractivity contribution in [2.45, 2.75) is 45.1 Å². The molecule has 1 aromatic carbocycles. The first-order chi connectivity index (χ1) is 15.0. The van der Waals surface area contributed by atoms with Crippen molar-refractivity contribution in [2.24, 2.45) is 0 Å². The van der Waals surface area contributed by atoms with Gasteiger partial charge in [0, 0.05) is 31.3 Å². The predicted molar refractivity (Wildman–Crippen MR) is 124 cm³/mol. The van der Waals surface area contributed by atoms with Crippen LogP contribution in [0.3, 0.4) is 0 Å². The van der Waals surface area contributed by atoms with Gasteiger partial charge in [0.15, 0.2) is 0 Å². The Labute approximate surface area is 185 Å². The van der Waals surface area contributed by atoms with Gasteiger partial charge < -0.3 is 14.6 Å². The molecule has 0 bridgehead atoms. The first-order valence-electron chi connectivity index (χ1n) is 10.6. The topological polar surface area (TPSA) is 75.3 Å². The predicted octanol–water partition coefficient (Wildman–Crippen LogP) is 4.02. The number of nitrogens with one attached hydrogen (secondary N) is 1. The molecule has 162 valence electrons. The molecule has 6 nitrogen and oxygen atoms in total. The number of aromatic amines is 1. The van der Waals surface area contributed by atoms with Crippen LogP contribution in [0.5, 0.6) is 5.75 Å². The molecule has 4 rings (SSSR count). The zero-order chi connectivity index (χ0) is 21.8. The summed E-state index contributed by atoms with van der Waals surface area (Å²) in [7, 11) is 1.79. The number of H-pyrrole nitrogens is 1. The summed E-state index contributed by atoms with van der Waals surface area (Å²) in [5.41, 5.74) is 2.14. The van der Waals surface area contributed by atoms with Crippen molar-refractivity contribution in [1.82, 2.24) is 14.9 Å². The molecule has 0 spiro atoms. The highest BCUT2D eigenvalue weighted by Crippen LogP contribution is 2.33. The number of amides is 1. The number of rotatable bonds is 8. The van der Waals surface area contributed by atoms with E-state index in [2.05, 4.69) is 16.5 Å². The van der Waals surface area contributed by atoms with Gasteiger partial charge in [0.2, 0.25) is 5.91 Å². The molecule has 0 atom stereocenters. The fourth-order valence-electron chi connectivity index (χ4n) is 3.95. The van der Waals surface area contributed by atoms with Crippen molar-refractivity contribution in [3.63, 3.8) is 0 Å². The van der Waals surface area contributed by atoms with Crippen LogP contribution in [0.15, 0.2) is 41.7 Å². The molecule has 1 amide bonds. The highest BCUT2D eigenvalue weighted by molar-refractivity contribution is 7.18. The van der Waals surface area contributed by atoms with E-state index in [0.717, 1.165) is 40.8 Å². The van der Waals surface area contributed by atoms with Crippen LogP contribution in [0.2, 0.25) is 0 Å². The number of aromatic nitrogens is 2. The highest BCUT2D eigenvalue weighted by Gasteiger charge is 2.20. The van der Waals surface area contributed by atoms with Crippen LogP contribution in [0.1, 0.15) is 41.1 Å². The van der Waals surface area contributed by atoms with Gasteiger partial charge in [0.25, 0.3) is 5.56 Å². The van der Waals surface area contributed by atoms with E-state index in [0.29, 0.717) is 31.8 Å². The number of aryl methyl sites for hydroxylation is 3. The lowest BCUT2D eigenvalue weighted by Gasteiger charge is -2.17. The number of nitrogens with zero attached hydrogens (tertiary/aromatic N) is 2. The first-order valence-corrected chi connectivity index (χ1v) is 11.5. The second kappa shape index (κ2) is 9.47. The summed E-state index contributed by atoms with van der Waals surface area (Å²) in [6.07, 6.45) is 6.73. The Hall–Kier alpha value is -2.93. The maximum atomic E-state index is 12.6. The fraction of sp³-hybridized carbons (Fsp3) is 0.375. The quantitative estimate of drug-likeness (QED) is 0.540. The van der Waals surface area contributed by atoms with Crippen LogP contribution in [0.4, 0.5) is 0 Å². The minimum atomic E-state index is -0.0704. The third kappa shape index (κ3) is 4.88. The summed E-state index contributed by atoms with van der Waals surface area (Å²) in [4.78, 5) is 36.6.